The van der Waals surface area contributed by atoms with Crippen LogP contribution in [-0.2, 0) is 4.79 Å². The lowest BCUT2D eigenvalue weighted by molar-refractivity contribution is -0.129. The highest BCUT2D eigenvalue weighted by Crippen LogP contribution is 2.16. The standard InChI is InChI=1S/C12H18N2O2S/c1-12(2,16)9-14(3)11(15)8-17-10-4-6-13-7-5-10/h4-7,16H,8-9H2,1-3H3. The van der Waals surface area contributed by atoms with Gasteiger partial charge in [0, 0.05) is 30.9 Å². The fourth-order valence-electron chi connectivity index (χ4n) is 1.36. The Balaban J connectivity index is 2.40. The van der Waals surface area contributed by atoms with Crippen LogP contribution in [0.5, 0.6) is 0 Å². The molecule has 0 aromatic carbocycles. The van der Waals surface area contributed by atoms with Crippen LogP contribution >= 0.6 is 11.8 Å². The van der Waals surface area contributed by atoms with Gasteiger partial charge in [-0.25, -0.2) is 0 Å². The highest BCUT2D eigenvalue weighted by Gasteiger charge is 2.19. The molecule has 0 saturated heterocycles. The summed E-state index contributed by atoms with van der Waals surface area (Å²) in [4.78, 5) is 18.3. The lowest BCUT2D eigenvalue weighted by atomic mass is 10.1. The molecule has 0 aliphatic rings. The van der Waals surface area contributed by atoms with Crippen molar-refractivity contribution in [3.05, 3.63) is 24.5 Å². The number of carbonyl (C=O) groups is 1. The third kappa shape index (κ3) is 5.70. The first-order valence-corrected chi connectivity index (χ1v) is 6.36. The van der Waals surface area contributed by atoms with Crippen LogP contribution in [0.25, 0.3) is 0 Å². The molecule has 1 aromatic rings. The van der Waals surface area contributed by atoms with Gasteiger partial charge in [0.25, 0.3) is 0 Å². The van der Waals surface area contributed by atoms with Crippen molar-refractivity contribution in [2.45, 2.75) is 24.3 Å². The van der Waals surface area contributed by atoms with Crippen molar-refractivity contribution in [2.24, 2.45) is 0 Å². The van der Waals surface area contributed by atoms with Crippen LogP contribution in [0.2, 0.25) is 0 Å². The minimum atomic E-state index is -0.855. The zero-order valence-corrected chi connectivity index (χ0v) is 11.2. The average Bonchev–Trinajstić information content (AvgIpc) is 2.25. The maximum atomic E-state index is 11.8. The Bertz CT molecular complexity index is 363. The molecule has 5 heteroatoms. The molecule has 0 aliphatic carbocycles. The summed E-state index contributed by atoms with van der Waals surface area (Å²) >= 11 is 1.47. The molecule has 1 heterocycles. The number of nitrogens with zero attached hydrogens (tertiary/aromatic N) is 2. The quantitative estimate of drug-likeness (QED) is 0.807. The first-order chi connectivity index (χ1) is 7.88. The van der Waals surface area contributed by atoms with Gasteiger partial charge in [0.05, 0.1) is 11.4 Å². The van der Waals surface area contributed by atoms with Crippen molar-refractivity contribution < 1.29 is 9.90 Å². The second-order valence-electron chi connectivity index (χ2n) is 4.53. The van der Waals surface area contributed by atoms with Gasteiger partial charge in [0.1, 0.15) is 0 Å². The minimum Gasteiger partial charge on any atom is -0.389 e. The van der Waals surface area contributed by atoms with Crippen LogP contribution in [-0.4, -0.2) is 45.8 Å². The molecular formula is C12H18N2O2S. The monoisotopic (exact) mass is 254 g/mol. The summed E-state index contributed by atoms with van der Waals surface area (Å²) in [6, 6.07) is 3.74. The molecule has 17 heavy (non-hydrogen) atoms. The summed E-state index contributed by atoms with van der Waals surface area (Å²) in [5.74, 6) is 0.380. The van der Waals surface area contributed by atoms with Crippen molar-refractivity contribution in [3.8, 4) is 0 Å². The van der Waals surface area contributed by atoms with Gasteiger partial charge in [-0.15, -0.1) is 11.8 Å². The van der Waals surface area contributed by atoms with Crippen molar-refractivity contribution in [1.29, 1.82) is 0 Å². The van der Waals surface area contributed by atoms with E-state index in [9.17, 15) is 9.90 Å². The van der Waals surface area contributed by atoms with Crippen molar-refractivity contribution in [1.82, 2.24) is 9.88 Å². The van der Waals surface area contributed by atoms with Crippen LogP contribution in [0.3, 0.4) is 0 Å². The molecular weight excluding hydrogens is 236 g/mol. The zero-order chi connectivity index (χ0) is 12.9. The van der Waals surface area contributed by atoms with E-state index < -0.39 is 5.60 Å². The lowest BCUT2D eigenvalue weighted by Gasteiger charge is -2.25. The summed E-state index contributed by atoms with van der Waals surface area (Å²) in [7, 11) is 1.70. The predicted molar refractivity (Wildman–Crippen MR) is 68.9 cm³/mol. The Morgan fingerprint density at radius 3 is 2.59 bits per heavy atom. The van der Waals surface area contributed by atoms with Gasteiger partial charge >= 0.3 is 0 Å². The van der Waals surface area contributed by atoms with Gasteiger partial charge in [-0.05, 0) is 26.0 Å². The number of aliphatic hydroxyl groups is 1. The molecule has 1 aromatic heterocycles. The van der Waals surface area contributed by atoms with Gasteiger partial charge < -0.3 is 10.0 Å². The first kappa shape index (κ1) is 14.0. The molecule has 1 N–H and O–H groups in total. The van der Waals surface area contributed by atoms with E-state index in [0.717, 1.165) is 4.90 Å². The van der Waals surface area contributed by atoms with E-state index in [-0.39, 0.29) is 5.91 Å². The highest BCUT2D eigenvalue weighted by molar-refractivity contribution is 8.00. The summed E-state index contributed by atoms with van der Waals surface area (Å²) in [6.45, 7) is 3.71. The van der Waals surface area contributed by atoms with E-state index in [4.69, 9.17) is 0 Å². The van der Waals surface area contributed by atoms with Gasteiger partial charge in [0.2, 0.25) is 5.91 Å². The van der Waals surface area contributed by atoms with Crippen LogP contribution < -0.4 is 0 Å². The van der Waals surface area contributed by atoms with E-state index in [1.807, 2.05) is 12.1 Å². The average molecular weight is 254 g/mol. The van der Waals surface area contributed by atoms with Crippen LogP contribution in [0.1, 0.15) is 13.8 Å². The predicted octanol–water partition coefficient (Wildman–Crippen LogP) is 1.40. The first-order valence-electron chi connectivity index (χ1n) is 5.38. The molecule has 0 unspecified atom stereocenters. The molecule has 0 fully saturated rings. The van der Waals surface area contributed by atoms with Gasteiger partial charge in [-0.1, -0.05) is 0 Å². The van der Waals surface area contributed by atoms with E-state index in [1.165, 1.54) is 11.8 Å². The Morgan fingerprint density at radius 2 is 2.06 bits per heavy atom. The molecule has 0 atom stereocenters. The SMILES string of the molecule is CN(CC(C)(C)O)C(=O)CSc1ccncc1. The summed E-state index contributed by atoms with van der Waals surface area (Å²) in [5, 5.41) is 9.61. The number of rotatable bonds is 5. The van der Waals surface area contributed by atoms with E-state index >= 15 is 0 Å². The minimum absolute atomic E-state index is 0.00828. The van der Waals surface area contributed by atoms with Crippen LogP contribution in [0, 0.1) is 0 Å². The number of hydrogen-bond acceptors (Lipinski definition) is 4. The Hall–Kier alpha value is -1.07. The molecule has 0 saturated carbocycles. The molecule has 94 valence electrons. The van der Waals surface area contributed by atoms with Crippen molar-refractivity contribution >= 4 is 17.7 Å². The molecule has 0 radical (unpaired) electrons. The second kappa shape index (κ2) is 6.02. The number of pyridine rings is 1. The fraction of sp³-hybridized carbons (Fsp3) is 0.500. The van der Waals surface area contributed by atoms with Gasteiger partial charge in [-0.3, -0.25) is 9.78 Å². The Labute approximate surface area is 106 Å². The van der Waals surface area contributed by atoms with Crippen LogP contribution in [0.4, 0.5) is 0 Å². The number of amides is 1. The fourth-order valence-corrected chi connectivity index (χ4v) is 2.18. The van der Waals surface area contributed by atoms with Crippen molar-refractivity contribution in [3.63, 3.8) is 0 Å². The Kier molecular flexibility index (Phi) is 4.96. The van der Waals surface area contributed by atoms with E-state index in [1.54, 1.807) is 38.2 Å². The third-order valence-corrected chi connectivity index (χ3v) is 3.06. The largest absolute Gasteiger partial charge is 0.389 e. The molecule has 1 rings (SSSR count). The van der Waals surface area contributed by atoms with Crippen LogP contribution in [0.15, 0.2) is 29.4 Å². The third-order valence-electron chi connectivity index (χ3n) is 2.06. The number of aromatic nitrogens is 1. The molecule has 0 aliphatic heterocycles. The highest BCUT2D eigenvalue weighted by atomic mass is 32.2. The lowest BCUT2D eigenvalue weighted by Crippen LogP contribution is -2.40. The van der Waals surface area contributed by atoms with E-state index in [0.29, 0.717) is 12.3 Å². The summed E-state index contributed by atoms with van der Waals surface area (Å²) < 4.78 is 0. The maximum absolute atomic E-state index is 11.8. The summed E-state index contributed by atoms with van der Waals surface area (Å²) in [5.41, 5.74) is -0.855. The van der Waals surface area contributed by atoms with E-state index in [2.05, 4.69) is 4.98 Å². The number of thioether (sulfide) groups is 1. The van der Waals surface area contributed by atoms with Gasteiger partial charge in [0.15, 0.2) is 0 Å². The Morgan fingerprint density at radius 1 is 1.47 bits per heavy atom. The van der Waals surface area contributed by atoms with Crippen molar-refractivity contribution in [2.75, 3.05) is 19.3 Å². The number of carbonyl (C=O) groups excluding carboxylic acids is 1. The van der Waals surface area contributed by atoms with Gasteiger partial charge in [-0.2, -0.15) is 0 Å². The topological polar surface area (TPSA) is 53.4 Å². The second-order valence-corrected chi connectivity index (χ2v) is 5.58. The molecule has 1 amide bonds. The number of likely N-dealkylation sites (N-methyl/N-ethyl adjacent to an activating group) is 1. The molecule has 0 bridgehead atoms. The molecule has 0 spiro atoms. The number of hydrogen-bond donors (Lipinski definition) is 1. The zero-order valence-electron chi connectivity index (χ0n) is 10.4. The maximum Gasteiger partial charge on any atom is 0.232 e. The molecule has 4 nitrogen and oxygen atoms in total. The summed E-state index contributed by atoms with van der Waals surface area (Å²) in [6.07, 6.45) is 3.40. The normalized spacial score (nSPS) is 11.3. The smallest absolute Gasteiger partial charge is 0.232 e.